The lowest BCUT2D eigenvalue weighted by atomic mass is 10.1. The minimum Gasteiger partial charge on any atom is -0.346 e. The van der Waals surface area contributed by atoms with Gasteiger partial charge in [0.15, 0.2) is 17.5 Å². The quantitative estimate of drug-likeness (QED) is 0.608. The van der Waals surface area contributed by atoms with E-state index in [-0.39, 0.29) is 6.04 Å². The van der Waals surface area contributed by atoms with E-state index in [1.807, 2.05) is 19.1 Å². The van der Waals surface area contributed by atoms with Crippen LogP contribution in [0.15, 0.2) is 36.4 Å². The van der Waals surface area contributed by atoms with Crippen LogP contribution in [0.1, 0.15) is 25.5 Å². The van der Waals surface area contributed by atoms with E-state index < -0.39 is 47.5 Å². The summed E-state index contributed by atoms with van der Waals surface area (Å²) >= 11 is 6.12. The summed E-state index contributed by atoms with van der Waals surface area (Å²) in [5.41, 5.74) is 0.298. The fourth-order valence-electron chi connectivity index (χ4n) is 2.50. The van der Waals surface area contributed by atoms with Gasteiger partial charge in [0.1, 0.15) is 0 Å². The van der Waals surface area contributed by atoms with Crippen LogP contribution in [-0.4, -0.2) is 24.4 Å². The lowest BCUT2D eigenvalue weighted by Gasteiger charge is -2.20. The van der Waals surface area contributed by atoms with Crippen molar-refractivity contribution in [3.05, 3.63) is 64.4 Å². The Bertz CT molecular complexity index is 879. The Morgan fingerprint density at radius 3 is 2.39 bits per heavy atom. The van der Waals surface area contributed by atoms with E-state index >= 15 is 0 Å². The minimum atomic E-state index is -1.69. The molecule has 0 spiro atoms. The van der Waals surface area contributed by atoms with Crippen LogP contribution in [-0.2, 0) is 9.59 Å². The summed E-state index contributed by atoms with van der Waals surface area (Å²) in [4.78, 5) is 24.0. The van der Waals surface area contributed by atoms with Crippen LogP contribution in [0.4, 0.5) is 18.9 Å². The van der Waals surface area contributed by atoms with Gasteiger partial charge in [-0.25, -0.2) is 13.2 Å². The van der Waals surface area contributed by atoms with E-state index in [1.54, 1.807) is 19.1 Å². The summed E-state index contributed by atoms with van der Waals surface area (Å²) in [6, 6.07) is 7.89. The molecule has 0 bridgehead atoms. The van der Waals surface area contributed by atoms with Gasteiger partial charge in [-0.15, -0.1) is 0 Å². The van der Waals surface area contributed by atoms with Crippen LogP contribution < -0.4 is 16.0 Å². The first-order valence-electron chi connectivity index (χ1n) is 8.42. The molecular formula is C19H19ClF3N3O2. The second-order valence-corrected chi connectivity index (χ2v) is 6.53. The van der Waals surface area contributed by atoms with E-state index in [2.05, 4.69) is 16.0 Å². The van der Waals surface area contributed by atoms with Crippen molar-refractivity contribution in [2.75, 3.05) is 11.9 Å². The van der Waals surface area contributed by atoms with Crippen molar-refractivity contribution in [3.63, 3.8) is 0 Å². The molecule has 0 aliphatic carbocycles. The van der Waals surface area contributed by atoms with Crippen LogP contribution >= 0.6 is 11.6 Å². The molecule has 0 aliphatic rings. The van der Waals surface area contributed by atoms with Gasteiger partial charge in [0.2, 0.25) is 11.8 Å². The number of rotatable bonds is 7. The molecule has 28 heavy (non-hydrogen) atoms. The number of nitrogens with one attached hydrogen (secondary N) is 3. The van der Waals surface area contributed by atoms with Crippen molar-refractivity contribution in [3.8, 4) is 0 Å². The Kier molecular flexibility index (Phi) is 7.42. The Morgan fingerprint density at radius 2 is 1.71 bits per heavy atom. The highest BCUT2D eigenvalue weighted by atomic mass is 35.5. The number of anilines is 1. The summed E-state index contributed by atoms with van der Waals surface area (Å²) in [6.07, 6.45) is 0. The molecule has 2 aromatic rings. The molecule has 0 heterocycles. The van der Waals surface area contributed by atoms with Crippen LogP contribution in [0.5, 0.6) is 0 Å². The normalized spacial score (nSPS) is 12.9. The fraction of sp³-hybridized carbons (Fsp3) is 0.263. The average molecular weight is 414 g/mol. The number of carbonyl (C=O) groups excluding carboxylic acids is 2. The van der Waals surface area contributed by atoms with Crippen molar-refractivity contribution >= 4 is 29.1 Å². The maximum absolute atomic E-state index is 13.5. The number of carbonyl (C=O) groups is 2. The van der Waals surface area contributed by atoms with Crippen molar-refractivity contribution in [2.24, 2.45) is 0 Å². The Hall–Kier alpha value is -2.58. The van der Waals surface area contributed by atoms with Crippen molar-refractivity contribution in [1.82, 2.24) is 10.6 Å². The van der Waals surface area contributed by atoms with Gasteiger partial charge < -0.3 is 10.6 Å². The lowest BCUT2D eigenvalue weighted by Crippen LogP contribution is -2.45. The van der Waals surface area contributed by atoms with Crippen LogP contribution in [0.2, 0.25) is 5.02 Å². The summed E-state index contributed by atoms with van der Waals surface area (Å²) in [6.45, 7) is 2.98. The van der Waals surface area contributed by atoms with Gasteiger partial charge in [0, 0.05) is 11.1 Å². The van der Waals surface area contributed by atoms with E-state index in [0.717, 1.165) is 11.6 Å². The largest absolute Gasteiger partial charge is 0.346 e. The molecule has 0 fully saturated rings. The first kappa shape index (κ1) is 21.7. The molecule has 2 atom stereocenters. The average Bonchev–Trinajstić information content (AvgIpc) is 2.66. The molecule has 2 aromatic carbocycles. The smallest absolute Gasteiger partial charge is 0.243 e. The predicted molar refractivity (Wildman–Crippen MR) is 100 cm³/mol. The van der Waals surface area contributed by atoms with Gasteiger partial charge in [-0.05, 0) is 37.6 Å². The van der Waals surface area contributed by atoms with Gasteiger partial charge in [0.05, 0.1) is 18.3 Å². The van der Waals surface area contributed by atoms with Gasteiger partial charge >= 0.3 is 0 Å². The summed E-state index contributed by atoms with van der Waals surface area (Å²) in [7, 11) is 0. The molecule has 0 saturated heterocycles. The Balaban J connectivity index is 1.86. The first-order chi connectivity index (χ1) is 13.2. The molecule has 0 saturated carbocycles. The molecule has 0 aromatic heterocycles. The predicted octanol–water partition coefficient (Wildman–Crippen LogP) is 3.55. The van der Waals surface area contributed by atoms with Gasteiger partial charge in [-0.3, -0.25) is 14.9 Å². The minimum absolute atomic E-state index is 0.223. The molecule has 150 valence electrons. The molecule has 2 amide bonds. The Labute approximate surface area is 165 Å². The zero-order valence-electron chi connectivity index (χ0n) is 15.2. The van der Waals surface area contributed by atoms with Crippen molar-refractivity contribution in [2.45, 2.75) is 25.9 Å². The van der Waals surface area contributed by atoms with Crippen LogP contribution in [0.3, 0.4) is 0 Å². The van der Waals surface area contributed by atoms with E-state index in [0.29, 0.717) is 11.1 Å². The molecule has 5 nitrogen and oxygen atoms in total. The first-order valence-corrected chi connectivity index (χ1v) is 8.80. The maximum atomic E-state index is 13.5. The van der Waals surface area contributed by atoms with E-state index in [1.165, 1.54) is 0 Å². The molecule has 2 rings (SSSR count). The van der Waals surface area contributed by atoms with Crippen LogP contribution in [0.25, 0.3) is 0 Å². The second-order valence-electron chi connectivity index (χ2n) is 6.12. The highest BCUT2D eigenvalue weighted by Crippen LogP contribution is 2.22. The summed E-state index contributed by atoms with van der Waals surface area (Å²) < 4.78 is 39.6. The molecule has 9 heteroatoms. The number of hydrogen-bond acceptors (Lipinski definition) is 3. The summed E-state index contributed by atoms with van der Waals surface area (Å²) in [5.74, 6) is -5.82. The standard InChI is InChI=1S/C19H19ClF3N3O2/c1-10(12-5-3-4-6-13(12)20)25-11(2)19(28)24-9-16(27)26-15-8-7-14(21)17(22)18(15)23/h3-8,10-11,25H,9H2,1-2H3,(H,24,28)(H,26,27). The number of benzene rings is 2. The number of hydrogen-bond donors (Lipinski definition) is 3. The third-order valence-electron chi connectivity index (χ3n) is 4.00. The molecular weight excluding hydrogens is 395 g/mol. The number of amides is 2. The molecule has 3 N–H and O–H groups in total. The third kappa shape index (κ3) is 5.46. The monoisotopic (exact) mass is 413 g/mol. The zero-order valence-corrected chi connectivity index (χ0v) is 15.9. The second kappa shape index (κ2) is 9.57. The zero-order chi connectivity index (χ0) is 20.8. The van der Waals surface area contributed by atoms with Crippen molar-refractivity contribution in [1.29, 1.82) is 0 Å². The van der Waals surface area contributed by atoms with E-state index in [4.69, 9.17) is 11.6 Å². The maximum Gasteiger partial charge on any atom is 0.243 e. The van der Waals surface area contributed by atoms with E-state index in [9.17, 15) is 22.8 Å². The van der Waals surface area contributed by atoms with Crippen LogP contribution in [0, 0.1) is 17.5 Å². The topological polar surface area (TPSA) is 70.2 Å². The highest BCUT2D eigenvalue weighted by molar-refractivity contribution is 6.31. The SMILES string of the molecule is CC(NC(C)c1ccccc1Cl)C(=O)NCC(=O)Nc1ccc(F)c(F)c1F. The third-order valence-corrected chi connectivity index (χ3v) is 4.34. The molecule has 0 aliphatic heterocycles. The summed E-state index contributed by atoms with van der Waals surface area (Å²) in [5, 5.41) is 8.07. The molecule has 0 radical (unpaired) electrons. The fourth-order valence-corrected chi connectivity index (χ4v) is 2.80. The van der Waals surface area contributed by atoms with Gasteiger partial charge in [-0.2, -0.15) is 0 Å². The Morgan fingerprint density at radius 1 is 1.04 bits per heavy atom. The lowest BCUT2D eigenvalue weighted by molar-refractivity contribution is -0.125. The highest BCUT2D eigenvalue weighted by Gasteiger charge is 2.19. The van der Waals surface area contributed by atoms with Gasteiger partial charge in [-0.1, -0.05) is 29.8 Å². The number of halogens is 4. The molecule has 2 unspecified atom stereocenters. The van der Waals surface area contributed by atoms with Crippen molar-refractivity contribution < 1.29 is 22.8 Å². The van der Waals surface area contributed by atoms with Gasteiger partial charge in [0.25, 0.3) is 0 Å².